The molecular formula is C16H9Al3Cl6O3. The summed E-state index contributed by atoms with van der Waals surface area (Å²) in [5, 5.41) is 1.91. The molecule has 3 nitrogen and oxygen atoms in total. The molecule has 0 N–H and O–H groups in total. The summed E-state index contributed by atoms with van der Waals surface area (Å²) in [6.07, 6.45) is 0. The highest BCUT2D eigenvalue weighted by atomic mass is 35.7. The van der Waals surface area contributed by atoms with Crippen molar-refractivity contribution in [3.63, 3.8) is 0 Å². The highest BCUT2D eigenvalue weighted by Gasteiger charge is 2.26. The van der Waals surface area contributed by atoms with Crippen molar-refractivity contribution >= 4 is 109 Å². The summed E-state index contributed by atoms with van der Waals surface area (Å²) in [6, 6.07) is 16.7. The topological polar surface area (TPSA) is 27.7 Å². The molecule has 0 aliphatic rings. The maximum atomic E-state index is 6.01. The molecule has 0 saturated carbocycles. The molecular weight excluding hydrogens is 534 g/mol. The number of halogens is 6. The van der Waals surface area contributed by atoms with Crippen LogP contribution >= 0.6 is 60.3 Å². The van der Waals surface area contributed by atoms with E-state index in [0.717, 1.165) is 16.3 Å². The molecule has 0 fully saturated rings. The zero-order valence-electron chi connectivity index (χ0n) is 13.9. The second-order valence-electron chi connectivity index (χ2n) is 5.45. The van der Waals surface area contributed by atoms with E-state index in [2.05, 4.69) is 0 Å². The Kier molecular flexibility index (Phi) is 9.00. The predicted octanol–water partition coefficient (Wildman–Crippen LogP) is 7.03. The van der Waals surface area contributed by atoms with E-state index < -0.39 is 37.9 Å². The summed E-state index contributed by atoms with van der Waals surface area (Å²) in [5.74, 6) is 1.51. The zero-order valence-corrected chi connectivity index (χ0v) is 21.9. The van der Waals surface area contributed by atoms with Crippen LogP contribution in [0.4, 0.5) is 0 Å². The summed E-state index contributed by atoms with van der Waals surface area (Å²) >= 11 is -7.19. The third-order valence-corrected chi connectivity index (χ3v) is 6.69. The van der Waals surface area contributed by atoms with Crippen molar-refractivity contribution in [1.82, 2.24) is 0 Å². The van der Waals surface area contributed by atoms with Gasteiger partial charge in [0.25, 0.3) is 0 Å². The van der Waals surface area contributed by atoms with Crippen molar-refractivity contribution in [2.45, 2.75) is 0 Å². The van der Waals surface area contributed by atoms with Crippen LogP contribution in [-0.2, 0) is 0 Å². The fourth-order valence-electron chi connectivity index (χ4n) is 2.80. The fourth-order valence-corrected chi connectivity index (χ4v) is 5.71. The lowest BCUT2D eigenvalue weighted by molar-refractivity contribution is 0.585. The van der Waals surface area contributed by atoms with Crippen molar-refractivity contribution < 1.29 is 11.4 Å². The van der Waals surface area contributed by atoms with Gasteiger partial charge in [-0.1, -0.05) is 30.3 Å². The van der Waals surface area contributed by atoms with E-state index in [9.17, 15) is 0 Å². The number of benzene rings is 3. The largest absolute Gasteiger partial charge is 0.815 e. The summed E-state index contributed by atoms with van der Waals surface area (Å²) in [6.45, 7) is 0. The van der Waals surface area contributed by atoms with Crippen LogP contribution in [0.1, 0.15) is 0 Å². The van der Waals surface area contributed by atoms with E-state index in [4.69, 9.17) is 71.7 Å². The molecule has 0 saturated heterocycles. The van der Waals surface area contributed by atoms with Crippen LogP contribution < -0.4 is 11.4 Å². The van der Waals surface area contributed by atoms with Crippen LogP contribution in [0, 0.1) is 0 Å². The van der Waals surface area contributed by atoms with Gasteiger partial charge in [-0.25, -0.2) is 0 Å². The number of fused-ring (bicyclic) bond motifs is 1. The normalized spacial score (nSPS) is 10.5. The minimum atomic E-state index is -2.42. The molecule has 0 spiro atoms. The number of rotatable bonds is 7. The van der Waals surface area contributed by atoms with Gasteiger partial charge in [-0.05, 0) is 35.0 Å². The minimum absolute atomic E-state index is 0.486. The van der Waals surface area contributed by atoms with Crippen molar-refractivity contribution in [2.24, 2.45) is 0 Å². The highest BCUT2D eigenvalue weighted by molar-refractivity contribution is 7.31. The Morgan fingerprint density at radius 2 is 1.21 bits per heavy atom. The van der Waals surface area contributed by atoms with Crippen molar-refractivity contribution in [3.8, 4) is 28.4 Å². The molecule has 0 unspecified atom stereocenters. The first-order chi connectivity index (χ1) is 13.3. The van der Waals surface area contributed by atoms with Crippen molar-refractivity contribution in [1.29, 1.82) is 0 Å². The molecule has 0 aliphatic heterocycles. The Balaban J connectivity index is 2.28. The van der Waals surface area contributed by atoms with Gasteiger partial charge in [0.2, 0.25) is 0 Å². The van der Waals surface area contributed by atoms with Gasteiger partial charge in [0.05, 0.1) is 17.2 Å². The first-order valence-corrected chi connectivity index (χ1v) is 19.7. The molecule has 28 heavy (non-hydrogen) atoms. The third kappa shape index (κ3) is 6.10. The maximum Gasteiger partial charge on any atom is 0.815 e. The lowest BCUT2D eigenvalue weighted by Crippen LogP contribution is -2.10. The van der Waals surface area contributed by atoms with E-state index in [0.29, 0.717) is 22.8 Å². The van der Waals surface area contributed by atoms with E-state index in [1.54, 1.807) is 18.2 Å². The molecule has 0 aliphatic carbocycles. The summed E-state index contributed by atoms with van der Waals surface area (Å²) in [5.41, 5.74) is 1.40. The maximum absolute atomic E-state index is 6.01. The Morgan fingerprint density at radius 1 is 0.607 bits per heavy atom. The lowest BCUT2D eigenvalue weighted by Gasteiger charge is -2.20. The van der Waals surface area contributed by atoms with Gasteiger partial charge in [0, 0.05) is 11.1 Å². The second-order valence-corrected chi connectivity index (χ2v) is 16.9. The molecule has 0 aromatic heterocycles. The van der Waals surface area contributed by atoms with Gasteiger partial charge in [0.15, 0.2) is 0 Å². The summed E-state index contributed by atoms with van der Waals surface area (Å²) in [4.78, 5) is 0. The molecule has 3 rings (SSSR count). The summed E-state index contributed by atoms with van der Waals surface area (Å²) < 4.78 is 17.0. The first kappa shape index (κ1) is 23.3. The number of hydrogen-bond donors (Lipinski definition) is 0. The van der Waals surface area contributed by atoms with Crippen LogP contribution in [0.25, 0.3) is 21.9 Å². The Labute approximate surface area is 201 Å². The standard InChI is InChI=1S/C16H12O3.3Al.6ClH/c17-11-6-8-14(18)13(9-11)16-12-4-2-1-3-10(12)5-7-15(16)19;;;;;;;;;/h1-9,17-19H;;;;6*1H/q;3*+3;;;;;;/p-9. The fraction of sp³-hybridized carbons (Fsp3) is 0. The van der Waals surface area contributed by atoms with Gasteiger partial charge in [-0.3, -0.25) is 0 Å². The molecule has 0 bridgehead atoms. The van der Waals surface area contributed by atoms with Crippen molar-refractivity contribution in [3.05, 3.63) is 54.6 Å². The predicted molar refractivity (Wildman–Crippen MR) is 124 cm³/mol. The third-order valence-electron chi connectivity index (χ3n) is 3.77. The average Bonchev–Trinajstić information content (AvgIpc) is 2.62. The van der Waals surface area contributed by atoms with Crippen LogP contribution in [0.3, 0.4) is 0 Å². The molecule has 3 aromatic carbocycles. The van der Waals surface area contributed by atoms with Crippen LogP contribution in [0.2, 0.25) is 0 Å². The van der Waals surface area contributed by atoms with E-state index in [1.165, 1.54) is 0 Å². The lowest BCUT2D eigenvalue weighted by atomic mass is 9.96. The van der Waals surface area contributed by atoms with Gasteiger partial charge < -0.3 is 11.4 Å². The van der Waals surface area contributed by atoms with Gasteiger partial charge in [-0.15, -0.1) is 0 Å². The molecule has 3 aromatic rings. The molecule has 0 atom stereocenters. The monoisotopic (exact) mass is 540 g/mol. The zero-order chi connectivity index (χ0) is 20.3. The Morgan fingerprint density at radius 3 is 1.89 bits per heavy atom. The number of hydrogen-bond acceptors (Lipinski definition) is 3. The average molecular weight is 543 g/mol. The molecule has 12 heteroatoms. The van der Waals surface area contributed by atoms with Crippen molar-refractivity contribution in [2.75, 3.05) is 0 Å². The molecule has 0 heterocycles. The van der Waals surface area contributed by atoms with E-state index in [-0.39, 0.29) is 0 Å². The Bertz CT molecular complexity index is 974. The van der Waals surface area contributed by atoms with Gasteiger partial charge in [0.1, 0.15) is 0 Å². The Hall–Kier alpha value is 0.657. The van der Waals surface area contributed by atoms with Crippen LogP contribution in [0.5, 0.6) is 17.2 Å². The van der Waals surface area contributed by atoms with Crippen LogP contribution in [-0.4, -0.2) is 37.9 Å². The van der Waals surface area contributed by atoms with E-state index >= 15 is 0 Å². The smallest absolute Gasteiger partial charge is 0.620 e. The second kappa shape index (κ2) is 10.8. The summed E-state index contributed by atoms with van der Waals surface area (Å²) in [7, 11) is 35.8. The molecule has 0 radical (unpaired) electrons. The van der Waals surface area contributed by atoms with Gasteiger partial charge in [-0.2, -0.15) is 60.3 Å². The highest BCUT2D eigenvalue weighted by Crippen LogP contribution is 2.44. The molecule has 142 valence electrons. The minimum Gasteiger partial charge on any atom is -0.620 e. The van der Waals surface area contributed by atoms with E-state index in [1.807, 2.05) is 36.4 Å². The quantitative estimate of drug-likeness (QED) is 0.300. The molecule has 0 amide bonds. The van der Waals surface area contributed by atoms with Gasteiger partial charge >= 0.3 is 37.9 Å². The van der Waals surface area contributed by atoms with Crippen LogP contribution in [0.15, 0.2) is 54.6 Å². The SMILES string of the molecule is [Cl][Al]([Cl])[O]c1ccc([O][Al]([Cl])[Cl])c(-c2c([O][Al]([Cl])[Cl])ccc3ccccc23)c1. The first-order valence-electron chi connectivity index (χ1n) is 7.85.